The third kappa shape index (κ3) is 2.67. The van der Waals surface area contributed by atoms with Crippen LogP contribution in [0.3, 0.4) is 0 Å². The number of nitrogen functional groups attached to an aromatic ring is 1. The minimum Gasteiger partial charge on any atom is -0.469 e. The van der Waals surface area contributed by atoms with Crippen molar-refractivity contribution < 1.29 is 4.42 Å². The minimum absolute atomic E-state index is 0.246. The van der Waals surface area contributed by atoms with E-state index in [-0.39, 0.29) is 5.25 Å². The first-order valence-corrected chi connectivity index (χ1v) is 7.51. The molecule has 2 heterocycles. The number of nitrogens with zero attached hydrogens (tertiary/aromatic N) is 3. The molecular formula is C15H16N4OS. The van der Waals surface area contributed by atoms with Crippen LogP contribution in [0.2, 0.25) is 0 Å². The molecule has 0 aliphatic rings. The summed E-state index contributed by atoms with van der Waals surface area (Å²) in [4.78, 5) is 0. The molecule has 0 saturated heterocycles. The van der Waals surface area contributed by atoms with Crippen molar-refractivity contribution in [3.63, 3.8) is 0 Å². The summed E-state index contributed by atoms with van der Waals surface area (Å²) in [5.74, 6) is 7.51. The van der Waals surface area contributed by atoms with Gasteiger partial charge in [0.05, 0.1) is 11.8 Å². The fourth-order valence-electron chi connectivity index (χ4n) is 2.11. The van der Waals surface area contributed by atoms with E-state index in [0.717, 1.165) is 11.3 Å². The second kappa shape index (κ2) is 5.65. The molecule has 0 spiro atoms. The molecule has 3 aromatic rings. The van der Waals surface area contributed by atoms with Crippen LogP contribution in [0.1, 0.15) is 23.5 Å². The lowest BCUT2D eigenvalue weighted by molar-refractivity contribution is 0.535. The van der Waals surface area contributed by atoms with E-state index in [9.17, 15) is 0 Å². The molecule has 0 bridgehead atoms. The predicted octanol–water partition coefficient (Wildman–Crippen LogP) is 3.41. The van der Waals surface area contributed by atoms with Gasteiger partial charge >= 0.3 is 0 Å². The summed E-state index contributed by atoms with van der Waals surface area (Å²) in [6.07, 6.45) is 1.62. The first-order chi connectivity index (χ1) is 10.2. The Balaban J connectivity index is 1.85. The first kappa shape index (κ1) is 13.8. The van der Waals surface area contributed by atoms with Crippen LogP contribution in [-0.2, 0) is 0 Å². The van der Waals surface area contributed by atoms with Crippen molar-refractivity contribution in [2.24, 2.45) is 0 Å². The van der Waals surface area contributed by atoms with Gasteiger partial charge in [-0.25, -0.2) is 4.68 Å². The van der Waals surface area contributed by atoms with Crippen LogP contribution in [0.25, 0.3) is 11.4 Å². The van der Waals surface area contributed by atoms with Gasteiger partial charge in [0, 0.05) is 5.25 Å². The number of benzene rings is 1. The third-order valence-corrected chi connectivity index (χ3v) is 4.43. The summed E-state index contributed by atoms with van der Waals surface area (Å²) in [5, 5.41) is 9.29. The van der Waals surface area contributed by atoms with E-state index >= 15 is 0 Å². The van der Waals surface area contributed by atoms with Crippen molar-refractivity contribution in [2.45, 2.75) is 24.3 Å². The zero-order valence-corrected chi connectivity index (χ0v) is 12.7. The highest BCUT2D eigenvalue weighted by Gasteiger charge is 2.18. The summed E-state index contributed by atoms with van der Waals surface area (Å²) in [6.45, 7) is 4.00. The first-order valence-electron chi connectivity index (χ1n) is 6.63. The molecule has 0 aliphatic heterocycles. The molecular weight excluding hydrogens is 284 g/mol. The largest absolute Gasteiger partial charge is 0.469 e. The highest BCUT2D eigenvalue weighted by Crippen LogP contribution is 2.34. The molecule has 0 radical (unpaired) electrons. The van der Waals surface area contributed by atoms with Crippen LogP contribution in [0.4, 0.5) is 0 Å². The Morgan fingerprint density at radius 3 is 2.62 bits per heavy atom. The van der Waals surface area contributed by atoms with E-state index in [1.807, 2.05) is 31.2 Å². The number of aromatic nitrogens is 3. The highest BCUT2D eigenvalue weighted by atomic mass is 32.2. The lowest BCUT2D eigenvalue weighted by Gasteiger charge is -2.10. The molecule has 1 unspecified atom stereocenters. The smallest absolute Gasteiger partial charge is 0.210 e. The van der Waals surface area contributed by atoms with E-state index < -0.39 is 0 Å². The lowest BCUT2D eigenvalue weighted by atomic mass is 10.2. The molecule has 0 saturated carbocycles. The monoisotopic (exact) mass is 300 g/mol. The Morgan fingerprint density at radius 1 is 1.19 bits per heavy atom. The van der Waals surface area contributed by atoms with Crippen LogP contribution in [0.5, 0.6) is 0 Å². The number of hydrogen-bond acceptors (Lipinski definition) is 5. The molecule has 0 amide bonds. The Morgan fingerprint density at radius 2 is 1.95 bits per heavy atom. The van der Waals surface area contributed by atoms with Gasteiger partial charge in [0.1, 0.15) is 5.76 Å². The van der Waals surface area contributed by atoms with Crippen LogP contribution < -0.4 is 5.84 Å². The molecule has 1 atom stereocenters. The zero-order valence-electron chi connectivity index (χ0n) is 11.9. The van der Waals surface area contributed by atoms with Crippen LogP contribution in [-0.4, -0.2) is 14.9 Å². The van der Waals surface area contributed by atoms with Crippen molar-refractivity contribution in [1.29, 1.82) is 0 Å². The molecule has 6 heteroatoms. The van der Waals surface area contributed by atoms with Crippen molar-refractivity contribution in [2.75, 3.05) is 5.84 Å². The van der Waals surface area contributed by atoms with Gasteiger partial charge in [0.25, 0.3) is 0 Å². The van der Waals surface area contributed by atoms with Gasteiger partial charge in [-0.2, -0.15) is 0 Å². The van der Waals surface area contributed by atoms with Crippen LogP contribution >= 0.6 is 11.8 Å². The number of rotatable bonds is 4. The fourth-order valence-corrected chi connectivity index (χ4v) is 3.01. The van der Waals surface area contributed by atoms with Gasteiger partial charge in [-0.05, 0) is 25.5 Å². The maximum Gasteiger partial charge on any atom is 0.210 e. The lowest BCUT2D eigenvalue weighted by Crippen LogP contribution is -2.12. The molecule has 2 N–H and O–H groups in total. The van der Waals surface area contributed by atoms with E-state index in [4.69, 9.17) is 10.3 Å². The molecule has 1 aromatic carbocycles. The van der Waals surface area contributed by atoms with Crippen LogP contribution in [0.15, 0.2) is 52.2 Å². The van der Waals surface area contributed by atoms with Crippen molar-refractivity contribution in [3.8, 4) is 11.4 Å². The number of nitrogens with two attached hydrogens (primary N) is 1. The van der Waals surface area contributed by atoms with Crippen molar-refractivity contribution >= 4 is 11.8 Å². The molecule has 0 fully saturated rings. The summed E-state index contributed by atoms with van der Waals surface area (Å²) < 4.78 is 6.81. The second-order valence-corrected chi connectivity index (χ2v) is 6.05. The fraction of sp³-hybridized carbons (Fsp3) is 0.200. The Kier molecular flexibility index (Phi) is 3.70. The van der Waals surface area contributed by atoms with Gasteiger partial charge in [0.2, 0.25) is 5.16 Å². The van der Waals surface area contributed by atoms with Gasteiger partial charge in [0.15, 0.2) is 5.82 Å². The maximum absolute atomic E-state index is 6.12. The molecule has 108 valence electrons. The molecule has 0 aliphatic carbocycles. The second-order valence-electron chi connectivity index (χ2n) is 4.74. The van der Waals surface area contributed by atoms with Crippen molar-refractivity contribution in [3.05, 3.63) is 54.0 Å². The molecule has 2 aromatic heterocycles. The SMILES string of the molecule is Cc1occc1-c1nnc(SC(C)c2ccccc2)n1N. The highest BCUT2D eigenvalue weighted by molar-refractivity contribution is 7.99. The molecule has 5 nitrogen and oxygen atoms in total. The summed E-state index contributed by atoms with van der Waals surface area (Å²) in [7, 11) is 0. The quantitative estimate of drug-likeness (QED) is 0.590. The van der Waals surface area contributed by atoms with Crippen LogP contribution in [0, 0.1) is 6.92 Å². The molecule has 21 heavy (non-hydrogen) atoms. The molecule has 3 rings (SSSR count). The number of thioether (sulfide) groups is 1. The van der Waals surface area contributed by atoms with E-state index in [0.29, 0.717) is 11.0 Å². The van der Waals surface area contributed by atoms with Gasteiger partial charge in [-0.3, -0.25) is 0 Å². The number of furan rings is 1. The Bertz CT molecular complexity index is 735. The average Bonchev–Trinajstić information content (AvgIpc) is 3.07. The van der Waals surface area contributed by atoms with E-state index in [2.05, 4.69) is 29.3 Å². The van der Waals surface area contributed by atoms with E-state index in [1.165, 1.54) is 10.2 Å². The standard InChI is InChI=1S/C15H16N4OS/c1-10-13(8-9-20-10)14-17-18-15(19(14)16)21-11(2)12-6-4-3-5-7-12/h3-9,11H,16H2,1-2H3. The third-order valence-electron chi connectivity index (χ3n) is 3.32. The normalized spacial score (nSPS) is 12.5. The Labute approximate surface area is 127 Å². The summed E-state index contributed by atoms with van der Waals surface area (Å²) in [6, 6.07) is 12.1. The minimum atomic E-state index is 0.246. The topological polar surface area (TPSA) is 69.9 Å². The van der Waals surface area contributed by atoms with E-state index in [1.54, 1.807) is 18.0 Å². The number of aryl methyl sites for hydroxylation is 1. The van der Waals surface area contributed by atoms with Gasteiger partial charge in [-0.15, -0.1) is 10.2 Å². The predicted molar refractivity (Wildman–Crippen MR) is 83.3 cm³/mol. The van der Waals surface area contributed by atoms with Gasteiger partial charge < -0.3 is 10.3 Å². The zero-order chi connectivity index (χ0) is 14.8. The summed E-state index contributed by atoms with van der Waals surface area (Å²) >= 11 is 1.58. The maximum atomic E-state index is 6.12. The average molecular weight is 300 g/mol. The Hall–Kier alpha value is -2.21. The number of hydrogen-bond donors (Lipinski definition) is 1. The van der Waals surface area contributed by atoms with Gasteiger partial charge in [-0.1, -0.05) is 42.1 Å². The van der Waals surface area contributed by atoms with Crippen molar-refractivity contribution in [1.82, 2.24) is 14.9 Å². The summed E-state index contributed by atoms with van der Waals surface area (Å²) in [5.41, 5.74) is 2.09.